The summed E-state index contributed by atoms with van der Waals surface area (Å²) in [6, 6.07) is 7.83. The van der Waals surface area contributed by atoms with Crippen LogP contribution in [0.25, 0.3) is 0 Å². The Labute approximate surface area is 124 Å². The number of hydrogen-bond donors (Lipinski definition) is 1. The molecule has 7 nitrogen and oxygen atoms in total. The summed E-state index contributed by atoms with van der Waals surface area (Å²) in [7, 11) is 1.36. The highest BCUT2D eigenvalue weighted by atomic mass is 32.1. The molecule has 1 amide bonds. The van der Waals surface area contributed by atoms with Crippen molar-refractivity contribution in [3.8, 4) is 5.75 Å². The van der Waals surface area contributed by atoms with Gasteiger partial charge in [0.2, 0.25) is 0 Å². The smallest absolute Gasteiger partial charge is 0.311 e. The Bertz CT molecular complexity index is 683. The number of nitrogens with one attached hydrogen (secondary N) is 1. The van der Waals surface area contributed by atoms with E-state index in [0.717, 1.165) is 0 Å². The lowest BCUT2D eigenvalue weighted by molar-refractivity contribution is -0.385. The lowest BCUT2D eigenvalue weighted by atomic mass is 10.2. The first-order valence-corrected chi connectivity index (χ1v) is 6.69. The Morgan fingerprint density at radius 2 is 2.29 bits per heavy atom. The summed E-state index contributed by atoms with van der Waals surface area (Å²) >= 11 is 1.30. The van der Waals surface area contributed by atoms with Gasteiger partial charge in [-0.3, -0.25) is 14.9 Å². The molecule has 21 heavy (non-hydrogen) atoms. The number of hydrogen-bond acceptors (Lipinski definition) is 6. The van der Waals surface area contributed by atoms with Gasteiger partial charge in [0, 0.05) is 11.6 Å². The molecule has 0 saturated carbocycles. The third-order valence-electron chi connectivity index (χ3n) is 2.52. The van der Waals surface area contributed by atoms with Crippen LogP contribution in [0.15, 0.2) is 40.8 Å². The SMILES string of the molecule is COc1ccc(/C=N\NC(=O)c2cccs2)cc1[N+](=O)[O-]. The van der Waals surface area contributed by atoms with Crippen molar-refractivity contribution in [2.75, 3.05) is 7.11 Å². The molecule has 0 aliphatic carbocycles. The molecule has 0 atom stereocenters. The molecule has 108 valence electrons. The number of thiophene rings is 1. The molecule has 1 aromatic carbocycles. The van der Waals surface area contributed by atoms with Crippen LogP contribution in [-0.4, -0.2) is 24.2 Å². The first-order valence-electron chi connectivity index (χ1n) is 5.81. The van der Waals surface area contributed by atoms with E-state index in [1.807, 2.05) is 0 Å². The Morgan fingerprint density at radius 1 is 1.48 bits per heavy atom. The maximum absolute atomic E-state index is 11.6. The van der Waals surface area contributed by atoms with Gasteiger partial charge < -0.3 is 4.74 Å². The van der Waals surface area contributed by atoms with Crippen molar-refractivity contribution in [2.45, 2.75) is 0 Å². The van der Waals surface area contributed by atoms with Crippen molar-refractivity contribution < 1.29 is 14.5 Å². The fraction of sp³-hybridized carbons (Fsp3) is 0.0769. The zero-order valence-electron chi connectivity index (χ0n) is 11.0. The van der Waals surface area contributed by atoms with E-state index in [4.69, 9.17) is 4.74 Å². The maximum Gasteiger partial charge on any atom is 0.311 e. The van der Waals surface area contributed by atoms with Gasteiger partial charge in [-0.05, 0) is 23.6 Å². The second kappa shape index (κ2) is 6.62. The number of rotatable bonds is 5. The van der Waals surface area contributed by atoms with Gasteiger partial charge in [-0.15, -0.1) is 11.3 Å². The molecule has 2 rings (SSSR count). The minimum Gasteiger partial charge on any atom is -0.490 e. The van der Waals surface area contributed by atoms with E-state index < -0.39 is 4.92 Å². The molecule has 0 aliphatic heterocycles. The van der Waals surface area contributed by atoms with E-state index in [1.165, 1.54) is 36.8 Å². The summed E-state index contributed by atoms with van der Waals surface area (Å²) in [4.78, 5) is 22.5. The van der Waals surface area contributed by atoms with E-state index in [2.05, 4.69) is 10.5 Å². The van der Waals surface area contributed by atoms with Crippen LogP contribution in [0.2, 0.25) is 0 Å². The van der Waals surface area contributed by atoms with Crippen LogP contribution < -0.4 is 10.2 Å². The van der Waals surface area contributed by atoms with Gasteiger partial charge in [-0.1, -0.05) is 6.07 Å². The number of nitrogens with zero attached hydrogens (tertiary/aromatic N) is 2. The number of carbonyl (C=O) groups is 1. The van der Waals surface area contributed by atoms with E-state index >= 15 is 0 Å². The molecular formula is C13H11N3O4S. The fourth-order valence-electron chi connectivity index (χ4n) is 1.56. The van der Waals surface area contributed by atoms with Crippen LogP contribution >= 0.6 is 11.3 Å². The van der Waals surface area contributed by atoms with E-state index in [9.17, 15) is 14.9 Å². The molecule has 1 aromatic heterocycles. The number of nitro benzene ring substituents is 1. The molecule has 0 unspecified atom stereocenters. The number of carbonyl (C=O) groups excluding carboxylic acids is 1. The number of methoxy groups -OCH3 is 1. The Hall–Kier alpha value is -2.74. The molecular weight excluding hydrogens is 294 g/mol. The van der Waals surface area contributed by atoms with Crippen molar-refractivity contribution in [2.24, 2.45) is 5.10 Å². The van der Waals surface area contributed by atoms with Crippen LogP contribution in [0.1, 0.15) is 15.2 Å². The summed E-state index contributed by atoms with van der Waals surface area (Å²) in [6.07, 6.45) is 1.33. The molecule has 0 saturated heterocycles. The highest BCUT2D eigenvalue weighted by molar-refractivity contribution is 7.12. The minimum absolute atomic E-state index is 0.161. The summed E-state index contributed by atoms with van der Waals surface area (Å²) in [5, 5.41) is 16.4. The largest absolute Gasteiger partial charge is 0.490 e. The van der Waals surface area contributed by atoms with Crippen molar-refractivity contribution >= 4 is 29.1 Å². The Morgan fingerprint density at radius 3 is 2.90 bits per heavy atom. The molecule has 1 heterocycles. The number of hydrazone groups is 1. The van der Waals surface area contributed by atoms with Gasteiger partial charge in [0.05, 0.1) is 23.1 Å². The van der Waals surface area contributed by atoms with Crippen molar-refractivity contribution in [3.63, 3.8) is 0 Å². The standard InChI is InChI=1S/C13H11N3O4S/c1-20-11-5-4-9(7-10(11)16(18)19)8-14-15-13(17)12-3-2-6-21-12/h2-8H,1H3,(H,15,17)/b14-8-. The number of amides is 1. The first kappa shape index (κ1) is 14.7. The maximum atomic E-state index is 11.6. The normalized spacial score (nSPS) is 10.5. The van der Waals surface area contributed by atoms with Gasteiger partial charge in [-0.2, -0.15) is 5.10 Å². The molecule has 0 bridgehead atoms. The summed E-state index contributed by atoms with van der Waals surface area (Å²) in [6.45, 7) is 0. The van der Waals surface area contributed by atoms with Crippen molar-refractivity contribution in [1.82, 2.24) is 5.43 Å². The molecule has 0 spiro atoms. The zero-order chi connectivity index (χ0) is 15.2. The van der Waals surface area contributed by atoms with Crippen LogP contribution in [-0.2, 0) is 0 Å². The van der Waals surface area contributed by atoms with Gasteiger partial charge in [-0.25, -0.2) is 5.43 Å². The number of ether oxygens (including phenoxy) is 1. The lowest BCUT2D eigenvalue weighted by Crippen LogP contribution is -2.16. The molecule has 0 aliphatic rings. The Balaban J connectivity index is 2.09. The number of nitro groups is 1. The number of benzene rings is 1. The molecule has 0 fully saturated rings. The van der Waals surface area contributed by atoms with Crippen molar-refractivity contribution in [3.05, 3.63) is 56.3 Å². The van der Waals surface area contributed by atoms with E-state index in [1.54, 1.807) is 23.6 Å². The van der Waals surface area contributed by atoms with Crippen LogP contribution in [0.4, 0.5) is 5.69 Å². The van der Waals surface area contributed by atoms with Gasteiger partial charge in [0.25, 0.3) is 5.91 Å². The van der Waals surface area contributed by atoms with Crippen LogP contribution in [0.5, 0.6) is 5.75 Å². The van der Waals surface area contributed by atoms with E-state index in [0.29, 0.717) is 10.4 Å². The summed E-state index contributed by atoms with van der Waals surface area (Å²) in [5.41, 5.74) is 2.67. The average Bonchev–Trinajstić information content (AvgIpc) is 3.01. The second-order valence-electron chi connectivity index (χ2n) is 3.86. The van der Waals surface area contributed by atoms with Crippen LogP contribution in [0.3, 0.4) is 0 Å². The van der Waals surface area contributed by atoms with Crippen LogP contribution in [0, 0.1) is 10.1 Å². The molecule has 8 heteroatoms. The average molecular weight is 305 g/mol. The fourth-order valence-corrected chi connectivity index (χ4v) is 2.17. The monoisotopic (exact) mass is 305 g/mol. The zero-order valence-corrected chi connectivity index (χ0v) is 11.8. The molecule has 2 aromatic rings. The highest BCUT2D eigenvalue weighted by Gasteiger charge is 2.14. The Kier molecular flexibility index (Phi) is 4.62. The third kappa shape index (κ3) is 3.63. The second-order valence-corrected chi connectivity index (χ2v) is 4.81. The first-order chi connectivity index (χ1) is 10.1. The van der Waals surface area contributed by atoms with E-state index in [-0.39, 0.29) is 17.3 Å². The lowest BCUT2D eigenvalue weighted by Gasteiger charge is -2.02. The summed E-state index contributed by atoms with van der Waals surface area (Å²) < 4.78 is 4.90. The quantitative estimate of drug-likeness (QED) is 0.521. The topological polar surface area (TPSA) is 93.8 Å². The summed E-state index contributed by atoms with van der Waals surface area (Å²) in [5.74, 6) is -0.163. The predicted octanol–water partition coefficient (Wildman–Crippen LogP) is 2.43. The molecule has 1 N–H and O–H groups in total. The minimum atomic E-state index is -0.541. The van der Waals surface area contributed by atoms with Gasteiger partial charge in [0.15, 0.2) is 5.75 Å². The predicted molar refractivity (Wildman–Crippen MR) is 79.0 cm³/mol. The van der Waals surface area contributed by atoms with Crippen molar-refractivity contribution in [1.29, 1.82) is 0 Å². The van der Waals surface area contributed by atoms with Gasteiger partial charge in [0.1, 0.15) is 0 Å². The third-order valence-corrected chi connectivity index (χ3v) is 3.39. The molecule has 0 radical (unpaired) electrons. The van der Waals surface area contributed by atoms with Gasteiger partial charge >= 0.3 is 5.69 Å². The highest BCUT2D eigenvalue weighted by Crippen LogP contribution is 2.26.